The molecule has 0 bridgehead atoms. The lowest BCUT2D eigenvalue weighted by molar-refractivity contribution is -0.140. The number of nitrogens with zero attached hydrogens (tertiary/aromatic N) is 2. The molecule has 4 aliphatic rings. The zero-order valence-electron chi connectivity index (χ0n) is 30.8. The molecule has 1 saturated heterocycles. The molecule has 2 aliphatic carbocycles. The van der Waals surface area contributed by atoms with E-state index in [0.29, 0.717) is 30.4 Å². The van der Waals surface area contributed by atoms with Crippen molar-refractivity contribution in [3.63, 3.8) is 0 Å². The van der Waals surface area contributed by atoms with Crippen LogP contribution in [0.4, 0.5) is 13.6 Å². The molecule has 3 amide bonds. The molecular weight excluding hydrogens is 733 g/mol. The molecule has 3 N–H and O–H groups in total. The minimum atomic E-state index is -4.55. The van der Waals surface area contributed by atoms with Gasteiger partial charge in [0.1, 0.15) is 47.0 Å². The van der Waals surface area contributed by atoms with E-state index in [-0.39, 0.29) is 31.4 Å². The molecule has 6 atom stereocenters. The summed E-state index contributed by atoms with van der Waals surface area (Å²) < 4.78 is 61.3. The second-order valence-corrected chi connectivity index (χ2v) is 17.6. The van der Waals surface area contributed by atoms with Crippen LogP contribution in [-0.2, 0) is 25.1 Å². The molecule has 2 aliphatic heterocycles. The van der Waals surface area contributed by atoms with Crippen molar-refractivity contribution in [2.24, 2.45) is 5.92 Å². The van der Waals surface area contributed by atoms with E-state index < -0.39 is 78.0 Å². The van der Waals surface area contributed by atoms with Gasteiger partial charge < -0.3 is 34.6 Å². The first kappa shape index (κ1) is 38.7. The van der Waals surface area contributed by atoms with Gasteiger partial charge >= 0.3 is 6.09 Å². The quantitative estimate of drug-likeness (QED) is 0.167. The fourth-order valence-corrected chi connectivity index (χ4v) is 10.6. The molecule has 0 radical (unpaired) electrons. The number of alkyl carbamates (subject to hydrolysis) is 1. The van der Waals surface area contributed by atoms with Gasteiger partial charge in [0.05, 0.1) is 19.8 Å². The average molecular weight is 781 g/mol. The van der Waals surface area contributed by atoms with Gasteiger partial charge in [-0.2, -0.15) is 0 Å². The first-order chi connectivity index (χ1) is 26.5. The van der Waals surface area contributed by atoms with Crippen LogP contribution in [0.3, 0.4) is 0 Å². The van der Waals surface area contributed by atoms with Crippen molar-refractivity contribution in [2.75, 3.05) is 13.7 Å². The van der Waals surface area contributed by atoms with E-state index >= 15 is 0 Å². The number of pyridine rings is 1. The highest BCUT2D eigenvalue weighted by atomic mass is 31.2. The minimum Gasteiger partial charge on any atom is -0.497 e. The molecule has 15 heteroatoms. The number of ether oxygens (including phenoxy) is 3. The summed E-state index contributed by atoms with van der Waals surface area (Å²) in [6, 6.07) is 8.24. The number of halogens is 2. The summed E-state index contributed by atoms with van der Waals surface area (Å²) in [5, 5.41) is 5.37. The third-order valence-electron chi connectivity index (χ3n) is 11.3. The lowest BCUT2D eigenvalue weighted by atomic mass is 10.0. The van der Waals surface area contributed by atoms with E-state index in [4.69, 9.17) is 14.2 Å². The van der Waals surface area contributed by atoms with Gasteiger partial charge in [0.2, 0.25) is 25.1 Å². The Bertz CT molecular complexity index is 1990. The van der Waals surface area contributed by atoms with Crippen LogP contribution in [0, 0.1) is 17.6 Å². The van der Waals surface area contributed by atoms with E-state index in [1.54, 1.807) is 31.5 Å². The maximum Gasteiger partial charge on any atom is 0.408 e. The average Bonchev–Trinajstić information content (AvgIpc) is 3.43. The van der Waals surface area contributed by atoms with Gasteiger partial charge in [-0.3, -0.25) is 14.2 Å². The second-order valence-electron chi connectivity index (χ2n) is 15.0. The zero-order chi connectivity index (χ0) is 38.7. The van der Waals surface area contributed by atoms with Crippen LogP contribution >= 0.6 is 7.37 Å². The van der Waals surface area contributed by atoms with Gasteiger partial charge in [0.15, 0.2) is 0 Å². The molecule has 55 heavy (non-hydrogen) atoms. The normalized spacial score (nSPS) is 27.8. The fourth-order valence-electron chi connectivity index (χ4n) is 8.19. The summed E-state index contributed by atoms with van der Waals surface area (Å²) in [4.78, 5) is 59.6. The van der Waals surface area contributed by atoms with Gasteiger partial charge in [-0.25, -0.2) is 18.6 Å². The molecule has 1 unspecified atom stereocenters. The number of carbonyl (C=O) groups excluding carboxylic acids is 3. The lowest BCUT2D eigenvalue weighted by Gasteiger charge is -2.31. The van der Waals surface area contributed by atoms with Gasteiger partial charge in [0, 0.05) is 29.5 Å². The number of fused-ring (bicyclic) bond motifs is 3. The Labute approximate surface area is 318 Å². The topological polar surface area (TPSA) is 156 Å². The second kappa shape index (κ2) is 16.3. The van der Waals surface area contributed by atoms with Crippen molar-refractivity contribution in [2.45, 2.75) is 106 Å². The van der Waals surface area contributed by atoms with Gasteiger partial charge in [-0.1, -0.05) is 31.1 Å². The van der Waals surface area contributed by atoms with Crippen LogP contribution in [0.1, 0.15) is 76.2 Å². The number of nitrogens with one attached hydrogen (secondary N) is 2. The number of benzene rings is 2. The summed E-state index contributed by atoms with van der Waals surface area (Å²) in [6.07, 6.45) is 9.29. The standard InChI is InChI=1S/C40H47F2N4O8P/c1-52-28-16-17-30-25(20-28)18-19-43-37(30)53-29-21-35-36(47)45-40(55(50,51)24-31-32(41)13-9-14-33(31)42)22-26(40)10-5-3-2-4-6-15-34(38(48)46(35)23-29)44-39(49)54-27-11-7-8-12-27/h5,9-10,13-14,16-20,26-27,29,34-35H,2-4,6-8,11-12,15,21-24H2,1H3,(H,44,49)(H,45,47)(H,50,51)/b10-5-/t26-,29+,34-,35-,40-/m0/s1. The largest absolute Gasteiger partial charge is 0.497 e. The number of hydrogen-bond donors (Lipinski definition) is 3. The number of amides is 3. The van der Waals surface area contributed by atoms with E-state index in [1.165, 1.54) is 11.0 Å². The minimum absolute atomic E-state index is 0.000701. The Morgan fingerprint density at radius 2 is 1.82 bits per heavy atom. The third kappa shape index (κ3) is 8.35. The van der Waals surface area contributed by atoms with Gasteiger partial charge in [0.25, 0.3) is 0 Å². The Morgan fingerprint density at radius 1 is 1.05 bits per heavy atom. The Morgan fingerprint density at radius 3 is 2.58 bits per heavy atom. The summed E-state index contributed by atoms with van der Waals surface area (Å²) >= 11 is 0. The maximum atomic E-state index is 14.8. The van der Waals surface area contributed by atoms with Crippen molar-refractivity contribution < 1.29 is 46.8 Å². The Hall–Kier alpha value is -4.55. The van der Waals surface area contributed by atoms with Crippen LogP contribution in [0.5, 0.6) is 11.6 Å². The number of allylic oxidation sites excluding steroid dienone is 1. The van der Waals surface area contributed by atoms with Crippen molar-refractivity contribution in [1.82, 2.24) is 20.5 Å². The summed E-state index contributed by atoms with van der Waals surface area (Å²) in [7, 11) is -2.98. The van der Waals surface area contributed by atoms with Crippen LogP contribution in [0.2, 0.25) is 0 Å². The van der Waals surface area contributed by atoms with E-state index in [1.807, 2.05) is 18.2 Å². The predicted octanol–water partition coefficient (Wildman–Crippen LogP) is 6.73. The van der Waals surface area contributed by atoms with Crippen LogP contribution in [-0.4, -0.2) is 75.9 Å². The molecule has 294 valence electrons. The molecule has 1 aromatic heterocycles. The first-order valence-corrected chi connectivity index (χ1v) is 20.9. The molecule has 0 spiro atoms. The number of methoxy groups -OCH3 is 1. The highest BCUT2D eigenvalue weighted by Gasteiger charge is 2.66. The van der Waals surface area contributed by atoms with Crippen LogP contribution in [0.25, 0.3) is 10.8 Å². The molecule has 2 aromatic carbocycles. The first-order valence-electron chi connectivity index (χ1n) is 19.1. The zero-order valence-corrected chi connectivity index (χ0v) is 31.6. The molecule has 12 nitrogen and oxygen atoms in total. The molecule has 7 rings (SSSR count). The van der Waals surface area contributed by atoms with Gasteiger partial charge in [-0.15, -0.1) is 0 Å². The fraction of sp³-hybridized carbons (Fsp3) is 0.500. The van der Waals surface area contributed by atoms with Crippen LogP contribution in [0.15, 0.2) is 60.8 Å². The molecule has 3 heterocycles. The summed E-state index contributed by atoms with van der Waals surface area (Å²) in [6.45, 7) is -0.0471. The number of aromatic nitrogens is 1. The highest BCUT2D eigenvalue weighted by molar-refractivity contribution is 7.59. The SMILES string of the molecule is COc1ccc2c(O[C@@H]3C[C@H]4C(=O)N[C@]5(P(=O)(O)Cc6c(F)cccc6F)C[C@@H]5/C=C\CCCCC[C@H](NC(=O)OC5CCCC5)C(=O)N4C3)nccc2c1. The monoisotopic (exact) mass is 780 g/mol. The van der Waals surface area contributed by atoms with E-state index in [9.17, 15) is 32.6 Å². The van der Waals surface area contributed by atoms with Crippen molar-refractivity contribution in [3.05, 3.63) is 78.0 Å². The van der Waals surface area contributed by atoms with Crippen molar-refractivity contribution in [1.29, 1.82) is 0 Å². The summed E-state index contributed by atoms with van der Waals surface area (Å²) in [5.41, 5.74) is -0.535. The molecule has 2 saturated carbocycles. The van der Waals surface area contributed by atoms with E-state index in [0.717, 1.165) is 56.0 Å². The molecular formula is C40H47F2N4O8P. The van der Waals surface area contributed by atoms with Gasteiger partial charge in [-0.05, 0) is 93.2 Å². The Kier molecular flexibility index (Phi) is 11.5. The molecule has 3 fully saturated rings. The van der Waals surface area contributed by atoms with Crippen molar-refractivity contribution in [3.8, 4) is 11.6 Å². The number of hydrogen-bond acceptors (Lipinski definition) is 8. The summed E-state index contributed by atoms with van der Waals surface area (Å²) in [5.74, 6) is -2.80. The smallest absolute Gasteiger partial charge is 0.408 e. The number of carbonyl (C=O) groups is 3. The lowest BCUT2D eigenvalue weighted by Crippen LogP contribution is -2.55. The highest BCUT2D eigenvalue weighted by Crippen LogP contribution is 2.71. The molecule has 3 aromatic rings. The van der Waals surface area contributed by atoms with Crippen LogP contribution < -0.4 is 20.1 Å². The predicted molar refractivity (Wildman–Crippen MR) is 200 cm³/mol. The Balaban J connectivity index is 1.20. The number of rotatable bonds is 8. The van der Waals surface area contributed by atoms with Crippen molar-refractivity contribution >= 4 is 36.0 Å². The third-order valence-corrected chi connectivity index (χ3v) is 14.0. The maximum absolute atomic E-state index is 14.8. The van der Waals surface area contributed by atoms with E-state index in [2.05, 4.69) is 15.6 Å².